The standard InChI is InChI=1S/C15H18F2N6O/c1-10-18-14(20-21(10)2)19-15(24)23-8-6-22(7-9-23)12-5-3-4-11(16)13(12)17/h3-5H,6-9H2,1-2H3,(H,19,20,24). The molecule has 9 heteroatoms. The van der Waals surface area contributed by atoms with Crippen molar-refractivity contribution in [1.29, 1.82) is 0 Å². The van der Waals surface area contributed by atoms with E-state index in [1.165, 1.54) is 12.1 Å². The normalized spacial score (nSPS) is 14.8. The summed E-state index contributed by atoms with van der Waals surface area (Å²) in [6, 6.07) is 3.79. The Bertz CT molecular complexity index is 735. The number of amides is 2. The number of piperazine rings is 1. The topological polar surface area (TPSA) is 66.3 Å². The molecule has 1 fully saturated rings. The first-order chi connectivity index (χ1) is 11.5. The number of benzene rings is 1. The van der Waals surface area contributed by atoms with Gasteiger partial charge in [0.15, 0.2) is 11.6 Å². The lowest BCUT2D eigenvalue weighted by Crippen LogP contribution is -2.50. The second-order valence-corrected chi connectivity index (χ2v) is 5.58. The molecule has 0 radical (unpaired) electrons. The number of hydrogen-bond donors (Lipinski definition) is 1. The van der Waals surface area contributed by atoms with Gasteiger partial charge in [-0.05, 0) is 19.1 Å². The number of carbonyl (C=O) groups excluding carboxylic acids is 1. The van der Waals surface area contributed by atoms with Crippen LogP contribution in [0.5, 0.6) is 0 Å². The maximum Gasteiger partial charge on any atom is 0.324 e. The summed E-state index contributed by atoms with van der Waals surface area (Å²) in [4.78, 5) is 19.7. The Morgan fingerprint density at radius 3 is 2.54 bits per heavy atom. The van der Waals surface area contributed by atoms with Gasteiger partial charge < -0.3 is 9.80 Å². The zero-order chi connectivity index (χ0) is 17.3. The van der Waals surface area contributed by atoms with Gasteiger partial charge in [-0.25, -0.2) is 13.6 Å². The molecule has 0 atom stereocenters. The van der Waals surface area contributed by atoms with E-state index >= 15 is 0 Å². The molecule has 7 nitrogen and oxygen atoms in total. The molecule has 0 saturated carbocycles. The minimum atomic E-state index is -0.871. The van der Waals surface area contributed by atoms with Crippen LogP contribution in [0.4, 0.5) is 25.2 Å². The van der Waals surface area contributed by atoms with E-state index in [4.69, 9.17) is 0 Å². The van der Waals surface area contributed by atoms with Gasteiger partial charge in [-0.1, -0.05) is 6.07 Å². The van der Waals surface area contributed by atoms with E-state index in [1.54, 1.807) is 28.5 Å². The highest BCUT2D eigenvalue weighted by molar-refractivity contribution is 5.87. The van der Waals surface area contributed by atoms with Gasteiger partial charge in [-0.2, -0.15) is 4.98 Å². The maximum absolute atomic E-state index is 13.8. The van der Waals surface area contributed by atoms with Crippen LogP contribution in [0.15, 0.2) is 18.2 Å². The predicted octanol–water partition coefficient (Wildman–Crippen LogP) is 1.76. The number of anilines is 2. The molecule has 1 N–H and O–H groups in total. The predicted molar refractivity (Wildman–Crippen MR) is 84.9 cm³/mol. The summed E-state index contributed by atoms with van der Waals surface area (Å²) in [5, 5.41) is 6.71. The number of urea groups is 1. The number of nitrogens with zero attached hydrogens (tertiary/aromatic N) is 5. The first-order valence-electron chi connectivity index (χ1n) is 7.58. The fourth-order valence-corrected chi connectivity index (χ4v) is 2.58. The quantitative estimate of drug-likeness (QED) is 0.907. The molecule has 2 heterocycles. The van der Waals surface area contributed by atoms with E-state index < -0.39 is 11.6 Å². The Balaban J connectivity index is 1.60. The van der Waals surface area contributed by atoms with Gasteiger partial charge in [0.2, 0.25) is 5.95 Å². The molecule has 2 amide bonds. The Morgan fingerprint density at radius 1 is 1.21 bits per heavy atom. The molecule has 0 unspecified atom stereocenters. The average molecular weight is 336 g/mol. The molecule has 1 aromatic carbocycles. The molecule has 0 spiro atoms. The molecule has 1 saturated heterocycles. The minimum Gasteiger partial charge on any atom is -0.366 e. The summed E-state index contributed by atoms with van der Waals surface area (Å²) in [5.74, 6) is -0.789. The van der Waals surface area contributed by atoms with Crippen LogP contribution in [0.3, 0.4) is 0 Å². The zero-order valence-corrected chi connectivity index (χ0v) is 13.5. The SMILES string of the molecule is Cc1nc(NC(=O)N2CCN(c3cccc(F)c3F)CC2)nn1C. The van der Waals surface area contributed by atoms with Crippen molar-refractivity contribution in [1.82, 2.24) is 19.7 Å². The van der Waals surface area contributed by atoms with Crippen molar-refractivity contribution >= 4 is 17.7 Å². The van der Waals surface area contributed by atoms with Crippen LogP contribution in [0.25, 0.3) is 0 Å². The number of hydrogen-bond acceptors (Lipinski definition) is 4. The van der Waals surface area contributed by atoms with Crippen molar-refractivity contribution in [2.45, 2.75) is 6.92 Å². The fraction of sp³-hybridized carbons (Fsp3) is 0.400. The Labute approximate surface area is 137 Å². The zero-order valence-electron chi connectivity index (χ0n) is 13.5. The van der Waals surface area contributed by atoms with Crippen molar-refractivity contribution in [3.8, 4) is 0 Å². The Morgan fingerprint density at radius 2 is 1.92 bits per heavy atom. The Hall–Kier alpha value is -2.71. The van der Waals surface area contributed by atoms with Crippen LogP contribution < -0.4 is 10.2 Å². The van der Waals surface area contributed by atoms with E-state index in [0.717, 1.165) is 6.07 Å². The first-order valence-corrected chi connectivity index (χ1v) is 7.58. The lowest BCUT2D eigenvalue weighted by molar-refractivity contribution is 0.208. The van der Waals surface area contributed by atoms with Crippen molar-refractivity contribution in [3.05, 3.63) is 35.7 Å². The molecule has 2 aromatic rings. The second-order valence-electron chi connectivity index (χ2n) is 5.58. The first kappa shape index (κ1) is 16.2. The molecular weight excluding hydrogens is 318 g/mol. The summed E-state index contributed by atoms with van der Waals surface area (Å²) in [6.07, 6.45) is 0. The van der Waals surface area contributed by atoms with Crippen molar-refractivity contribution in [2.75, 3.05) is 36.4 Å². The van der Waals surface area contributed by atoms with Gasteiger partial charge in [0.25, 0.3) is 0 Å². The van der Waals surface area contributed by atoms with E-state index in [1.807, 2.05) is 0 Å². The number of halogens is 2. The van der Waals surface area contributed by atoms with Gasteiger partial charge in [-0.3, -0.25) is 10.00 Å². The van der Waals surface area contributed by atoms with Crippen LogP contribution in [0, 0.1) is 18.6 Å². The van der Waals surface area contributed by atoms with Crippen LogP contribution in [0.1, 0.15) is 5.82 Å². The van der Waals surface area contributed by atoms with E-state index in [0.29, 0.717) is 32.0 Å². The van der Waals surface area contributed by atoms with E-state index in [2.05, 4.69) is 15.4 Å². The minimum absolute atomic E-state index is 0.220. The van der Waals surface area contributed by atoms with Crippen LogP contribution in [-0.4, -0.2) is 51.9 Å². The number of nitrogens with one attached hydrogen (secondary N) is 1. The number of carbonyl (C=O) groups is 1. The molecule has 0 aliphatic carbocycles. The molecular formula is C15H18F2N6O. The average Bonchev–Trinajstić information content (AvgIpc) is 2.88. The van der Waals surface area contributed by atoms with Crippen LogP contribution in [0.2, 0.25) is 0 Å². The molecule has 3 rings (SSSR count). The summed E-state index contributed by atoms with van der Waals surface area (Å²) in [5.41, 5.74) is 0.220. The Kier molecular flexibility index (Phi) is 4.32. The molecule has 128 valence electrons. The molecule has 1 aliphatic heterocycles. The summed E-state index contributed by atoms with van der Waals surface area (Å²) in [6.45, 7) is 3.42. The summed E-state index contributed by atoms with van der Waals surface area (Å²) in [7, 11) is 1.74. The van der Waals surface area contributed by atoms with Gasteiger partial charge in [0.05, 0.1) is 5.69 Å². The highest BCUT2D eigenvalue weighted by atomic mass is 19.2. The number of aromatic nitrogens is 3. The molecule has 24 heavy (non-hydrogen) atoms. The number of rotatable bonds is 2. The lowest BCUT2D eigenvalue weighted by atomic mass is 10.2. The van der Waals surface area contributed by atoms with Crippen molar-refractivity contribution in [3.63, 3.8) is 0 Å². The number of aryl methyl sites for hydroxylation is 2. The van der Waals surface area contributed by atoms with Crippen LogP contribution in [-0.2, 0) is 7.05 Å². The monoisotopic (exact) mass is 336 g/mol. The second kappa shape index (κ2) is 6.42. The third-order valence-electron chi connectivity index (χ3n) is 4.04. The third kappa shape index (κ3) is 3.15. The molecule has 0 bridgehead atoms. The highest BCUT2D eigenvalue weighted by Crippen LogP contribution is 2.22. The van der Waals surface area contributed by atoms with Crippen molar-refractivity contribution < 1.29 is 13.6 Å². The molecule has 1 aromatic heterocycles. The lowest BCUT2D eigenvalue weighted by Gasteiger charge is -2.35. The van der Waals surface area contributed by atoms with Gasteiger partial charge in [0.1, 0.15) is 5.82 Å². The molecule has 1 aliphatic rings. The van der Waals surface area contributed by atoms with Crippen molar-refractivity contribution in [2.24, 2.45) is 7.05 Å². The smallest absolute Gasteiger partial charge is 0.324 e. The summed E-state index contributed by atoms with van der Waals surface area (Å²) < 4.78 is 28.7. The maximum atomic E-state index is 13.8. The van der Waals surface area contributed by atoms with Crippen LogP contribution >= 0.6 is 0 Å². The van der Waals surface area contributed by atoms with Gasteiger partial charge >= 0.3 is 6.03 Å². The van der Waals surface area contributed by atoms with Gasteiger partial charge in [-0.15, -0.1) is 5.10 Å². The summed E-state index contributed by atoms with van der Waals surface area (Å²) >= 11 is 0. The van der Waals surface area contributed by atoms with Gasteiger partial charge in [0, 0.05) is 33.2 Å². The fourth-order valence-electron chi connectivity index (χ4n) is 2.58. The third-order valence-corrected chi connectivity index (χ3v) is 4.04. The largest absolute Gasteiger partial charge is 0.366 e. The van der Waals surface area contributed by atoms with E-state index in [-0.39, 0.29) is 17.7 Å². The highest BCUT2D eigenvalue weighted by Gasteiger charge is 2.24. The van der Waals surface area contributed by atoms with E-state index in [9.17, 15) is 13.6 Å².